The van der Waals surface area contributed by atoms with E-state index in [0.29, 0.717) is 19.6 Å². The van der Waals surface area contributed by atoms with Crippen molar-refractivity contribution >= 4 is 34.2 Å². The Morgan fingerprint density at radius 1 is 0.958 bits per heavy atom. The van der Waals surface area contributed by atoms with Crippen molar-refractivity contribution in [2.75, 3.05) is 13.2 Å². The van der Waals surface area contributed by atoms with Crippen molar-refractivity contribution in [3.8, 4) is 0 Å². The number of hydrogen-bond acceptors (Lipinski definition) is 2. The van der Waals surface area contributed by atoms with Gasteiger partial charge in [0.25, 0.3) is 0 Å². The SMILES string of the molecule is [B]C(C)(C)OCC(C)(C)OCCC(C)(C)C(P)(P)C([B])(F)C(C)C. The lowest BCUT2D eigenvalue weighted by Gasteiger charge is -2.51. The summed E-state index contributed by atoms with van der Waals surface area (Å²) in [6, 6.07) is 0. The Hall–Kier alpha value is 0.840. The zero-order chi connectivity index (χ0) is 19.6. The molecule has 0 spiro atoms. The van der Waals surface area contributed by atoms with Crippen LogP contribution in [0.25, 0.3) is 0 Å². The standard InChI is InChI=1S/C17H35B2FO2P2/c1-12(2)16(19,20)17(23,24)13(3,4)9-10-21-14(5,6)11-22-15(7,8)18/h12H,9-11,23-24H2,1-8H3. The first-order chi connectivity index (χ1) is 10.4. The summed E-state index contributed by atoms with van der Waals surface area (Å²) in [5.74, 6) is -0.302. The first-order valence-corrected chi connectivity index (χ1v) is 9.63. The Kier molecular flexibility index (Phi) is 8.53. The molecule has 0 aromatic rings. The largest absolute Gasteiger partial charge is 0.382 e. The maximum Gasteiger partial charge on any atom is 0.123 e. The molecule has 0 aromatic heterocycles. The minimum atomic E-state index is -1.83. The quantitative estimate of drug-likeness (QED) is 0.424. The molecule has 0 aliphatic heterocycles. The van der Waals surface area contributed by atoms with Crippen molar-refractivity contribution in [1.82, 2.24) is 0 Å². The lowest BCUT2D eigenvalue weighted by Crippen LogP contribution is -2.55. The topological polar surface area (TPSA) is 18.5 Å². The van der Waals surface area contributed by atoms with Crippen molar-refractivity contribution in [2.24, 2.45) is 11.3 Å². The summed E-state index contributed by atoms with van der Waals surface area (Å²) in [5.41, 5.74) is -3.39. The first-order valence-electron chi connectivity index (χ1n) is 8.48. The summed E-state index contributed by atoms with van der Waals surface area (Å²) in [4.78, 5) is -0.864. The van der Waals surface area contributed by atoms with E-state index in [1.807, 2.05) is 27.7 Å². The molecule has 0 bridgehead atoms. The van der Waals surface area contributed by atoms with Gasteiger partial charge in [-0.15, -0.1) is 18.5 Å². The van der Waals surface area contributed by atoms with Crippen molar-refractivity contribution in [1.29, 1.82) is 0 Å². The van der Waals surface area contributed by atoms with Gasteiger partial charge in [0, 0.05) is 17.0 Å². The molecule has 7 heteroatoms. The van der Waals surface area contributed by atoms with Gasteiger partial charge in [0.1, 0.15) is 15.7 Å². The number of ether oxygens (including phenoxy) is 2. The van der Waals surface area contributed by atoms with Crippen LogP contribution in [0.4, 0.5) is 4.39 Å². The van der Waals surface area contributed by atoms with Crippen LogP contribution in [-0.2, 0) is 9.47 Å². The average molecular weight is 374 g/mol. The monoisotopic (exact) mass is 374 g/mol. The van der Waals surface area contributed by atoms with Gasteiger partial charge in [-0.1, -0.05) is 27.7 Å². The highest BCUT2D eigenvalue weighted by Gasteiger charge is 2.52. The van der Waals surface area contributed by atoms with Gasteiger partial charge < -0.3 is 9.47 Å². The van der Waals surface area contributed by atoms with Crippen molar-refractivity contribution in [3.05, 3.63) is 0 Å². The zero-order valence-corrected chi connectivity index (χ0v) is 19.0. The molecule has 0 aliphatic carbocycles. The van der Waals surface area contributed by atoms with Gasteiger partial charge in [0.2, 0.25) is 0 Å². The van der Waals surface area contributed by atoms with E-state index in [4.69, 9.17) is 25.2 Å². The van der Waals surface area contributed by atoms with Crippen molar-refractivity contribution in [2.45, 2.75) is 83.4 Å². The molecule has 4 radical (unpaired) electrons. The maximum absolute atomic E-state index is 15.1. The highest BCUT2D eigenvalue weighted by molar-refractivity contribution is 7.40. The normalized spacial score (nSPS) is 17.2. The molecular formula is C17H35B2FO2P2. The van der Waals surface area contributed by atoms with Crippen LogP contribution in [0.1, 0.15) is 61.8 Å². The van der Waals surface area contributed by atoms with Crippen LogP contribution in [0.15, 0.2) is 0 Å². The first kappa shape index (κ1) is 24.8. The van der Waals surface area contributed by atoms with E-state index in [0.717, 1.165) is 0 Å². The number of alkyl halides is 1. The van der Waals surface area contributed by atoms with Crippen LogP contribution in [0.3, 0.4) is 0 Å². The van der Waals surface area contributed by atoms with E-state index in [9.17, 15) is 0 Å². The molecule has 0 fully saturated rings. The summed E-state index contributed by atoms with van der Waals surface area (Å²) >= 11 is 0. The Labute approximate surface area is 156 Å². The Bertz CT molecular complexity index is 406. The summed E-state index contributed by atoms with van der Waals surface area (Å²) in [5, 5.41) is 0. The van der Waals surface area contributed by atoms with Gasteiger partial charge in [0.05, 0.1) is 17.8 Å². The predicted molar refractivity (Wildman–Crippen MR) is 111 cm³/mol. The van der Waals surface area contributed by atoms with Gasteiger partial charge in [-0.3, -0.25) is 4.39 Å². The second kappa shape index (κ2) is 8.24. The van der Waals surface area contributed by atoms with Gasteiger partial charge in [-0.05, 0) is 45.4 Å². The van der Waals surface area contributed by atoms with E-state index in [1.165, 1.54) is 0 Å². The lowest BCUT2D eigenvalue weighted by atomic mass is 9.64. The molecule has 0 saturated carbocycles. The fraction of sp³-hybridized carbons (Fsp3) is 1.00. The molecule has 2 nitrogen and oxygen atoms in total. The molecule has 138 valence electrons. The molecular weight excluding hydrogens is 339 g/mol. The Morgan fingerprint density at radius 2 is 1.42 bits per heavy atom. The van der Waals surface area contributed by atoms with Gasteiger partial charge in [-0.25, -0.2) is 0 Å². The van der Waals surface area contributed by atoms with E-state index < -0.39 is 27.0 Å². The number of rotatable bonds is 10. The molecule has 0 aromatic carbocycles. The predicted octanol–water partition coefficient (Wildman–Crippen LogP) is 4.06. The summed E-state index contributed by atoms with van der Waals surface area (Å²) in [7, 11) is 17.0. The summed E-state index contributed by atoms with van der Waals surface area (Å²) < 4.78 is 26.6. The lowest BCUT2D eigenvalue weighted by molar-refractivity contribution is -0.103. The molecule has 24 heavy (non-hydrogen) atoms. The zero-order valence-electron chi connectivity index (χ0n) is 16.7. The number of hydrogen-bond donors (Lipinski definition) is 0. The second-order valence-electron chi connectivity index (χ2n) is 8.93. The second-order valence-corrected chi connectivity index (χ2v) is 11.4. The summed E-state index contributed by atoms with van der Waals surface area (Å²) in [6.45, 7) is 16.0. The smallest absolute Gasteiger partial charge is 0.123 e. The van der Waals surface area contributed by atoms with Crippen LogP contribution in [0, 0.1) is 11.3 Å². The molecule has 3 atom stereocenters. The Morgan fingerprint density at radius 3 is 1.79 bits per heavy atom. The molecule has 3 unspecified atom stereocenters. The van der Waals surface area contributed by atoms with E-state index in [2.05, 4.69) is 18.5 Å². The molecule has 0 amide bonds. The molecule has 0 aliphatic rings. The van der Waals surface area contributed by atoms with Gasteiger partial charge in [0.15, 0.2) is 0 Å². The summed E-state index contributed by atoms with van der Waals surface area (Å²) in [6.07, 6.45) is 0.658. The highest BCUT2D eigenvalue weighted by Crippen LogP contribution is 2.56. The minimum absolute atomic E-state index is 0.302. The molecule has 0 saturated heterocycles. The number of halogens is 1. The van der Waals surface area contributed by atoms with Crippen molar-refractivity contribution < 1.29 is 13.9 Å². The van der Waals surface area contributed by atoms with Crippen LogP contribution in [-0.4, -0.2) is 50.5 Å². The van der Waals surface area contributed by atoms with Crippen LogP contribution >= 0.6 is 18.5 Å². The van der Waals surface area contributed by atoms with E-state index >= 15 is 4.39 Å². The van der Waals surface area contributed by atoms with E-state index in [1.54, 1.807) is 27.7 Å². The van der Waals surface area contributed by atoms with Crippen LogP contribution < -0.4 is 0 Å². The van der Waals surface area contributed by atoms with Crippen LogP contribution in [0.2, 0.25) is 0 Å². The molecule has 0 heterocycles. The highest BCUT2D eigenvalue weighted by atomic mass is 31.1. The van der Waals surface area contributed by atoms with Gasteiger partial charge >= 0.3 is 0 Å². The van der Waals surface area contributed by atoms with Crippen LogP contribution in [0.5, 0.6) is 0 Å². The third-order valence-corrected chi connectivity index (χ3v) is 7.05. The average Bonchev–Trinajstić information content (AvgIpc) is 2.34. The van der Waals surface area contributed by atoms with E-state index in [-0.39, 0.29) is 5.92 Å². The fourth-order valence-corrected chi connectivity index (χ4v) is 3.14. The maximum atomic E-state index is 15.1. The fourth-order valence-electron chi connectivity index (χ4n) is 2.19. The Balaban J connectivity index is 4.79. The minimum Gasteiger partial charge on any atom is -0.382 e. The third kappa shape index (κ3) is 6.86. The molecule has 0 N–H and O–H groups in total. The third-order valence-electron chi connectivity index (χ3n) is 4.61. The van der Waals surface area contributed by atoms with Gasteiger partial charge in [-0.2, -0.15) is 0 Å². The van der Waals surface area contributed by atoms with Crippen molar-refractivity contribution in [3.63, 3.8) is 0 Å². The molecule has 0 rings (SSSR count).